The summed E-state index contributed by atoms with van der Waals surface area (Å²) < 4.78 is 10.8. The molecule has 0 aliphatic heterocycles. The predicted octanol–water partition coefficient (Wildman–Crippen LogP) is 5.47. The van der Waals surface area contributed by atoms with Gasteiger partial charge in [0, 0.05) is 28.4 Å². The van der Waals surface area contributed by atoms with Crippen LogP contribution < -0.4 is 14.8 Å². The summed E-state index contributed by atoms with van der Waals surface area (Å²) in [5.74, 6) is 1.59. The van der Waals surface area contributed by atoms with Crippen molar-refractivity contribution in [3.05, 3.63) is 63.2 Å². The van der Waals surface area contributed by atoms with Gasteiger partial charge in [0.2, 0.25) is 0 Å². The molecule has 0 unspecified atom stereocenters. The van der Waals surface area contributed by atoms with Crippen LogP contribution in [-0.4, -0.2) is 25.7 Å². The molecular weight excluding hydrogens is 403 g/mol. The number of halogens is 2. The molecule has 3 rings (SSSR count). The van der Waals surface area contributed by atoms with Crippen molar-refractivity contribution in [3.63, 3.8) is 0 Å². The molecule has 0 aliphatic carbocycles. The summed E-state index contributed by atoms with van der Waals surface area (Å²) in [5, 5.41) is 5.77. The third kappa shape index (κ3) is 5.14. The van der Waals surface area contributed by atoms with Crippen LogP contribution in [0.5, 0.6) is 11.5 Å². The Morgan fingerprint density at radius 3 is 2.67 bits per heavy atom. The lowest BCUT2D eigenvalue weighted by Crippen LogP contribution is -2.16. The summed E-state index contributed by atoms with van der Waals surface area (Å²) in [6, 6.07) is 11.3. The van der Waals surface area contributed by atoms with Crippen LogP contribution in [0.4, 0.5) is 0 Å². The molecular formula is C20H20Cl2N2O2S. The zero-order valence-electron chi connectivity index (χ0n) is 15.1. The lowest BCUT2D eigenvalue weighted by molar-refractivity contribution is 0.404. The van der Waals surface area contributed by atoms with E-state index >= 15 is 0 Å². The summed E-state index contributed by atoms with van der Waals surface area (Å²) >= 11 is 13.8. The van der Waals surface area contributed by atoms with Crippen molar-refractivity contribution in [3.8, 4) is 21.9 Å². The minimum atomic E-state index is 0.653. The molecule has 0 amide bonds. The van der Waals surface area contributed by atoms with Crippen molar-refractivity contribution >= 4 is 34.5 Å². The Kier molecular flexibility index (Phi) is 6.96. The zero-order chi connectivity index (χ0) is 19.2. The van der Waals surface area contributed by atoms with E-state index in [4.69, 9.17) is 32.7 Å². The van der Waals surface area contributed by atoms with Gasteiger partial charge in [-0.15, -0.1) is 11.3 Å². The highest BCUT2D eigenvalue weighted by Crippen LogP contribution is 2.36. The molecule has 1 heterocycles. The van der Waals surface area contributed by atoms with Gasteiger partial charge in [-0.3, -0.25) is 0 Å². The van der Waals surface area contributed by atoms with Gasteiger partial charge in [-0.1, -0.05) is 29.3 Å². The summed E-state index contributed by atoms with van der Waals surface area (Å²) in [7, 11) is 3.32. The lowest BCUT2D eigenvalue weighted by Gasteiger charge is -2.08. The zero-order valence-corrected chi connectivity index (χ0v) is 17.4. The second-order valence-corrected chi connectivity index (χ2v) is 7.81. The number of thiazole rings is 1. The van der Waals surface area contributed by atoms with Crippen LogP contribution in [0.2, 0.25) is 10.0 Å². The molecule has 7 heteroatoms. The third-order valence-electron chi connectivity index (χ3n) is 4.09. The molecule has 0 atom stereocenters. The first-order valence-electron chi connectivity index (χ1n) is 8.42. The minimum absolute atomic E-state index is 0.653. The van der Waals surface area contributed by atoms with Crippen molar-refractivity contribution in [1.82, 2.24) is 10.3 Å². The Morgan fingerprint density at radius 2 is 1.93 bits per heavy atom. The molecule has 0 saturated heterocycles. The maximum atomic E-state index is 6.21. The Bertz CT molecular complexity index is 915. The number of methoxy groups -OCH3 is 2. The van der Waals surface area contributed by atoms with E-state index in [0.717, 1.165) is 45.5 Å². The van der Waals surface area contributed by atoms with Gasteiger partial charge in [0.1, 0.15) is 16.5 Å². The number of ether oxygens (including phenoxy) is 2. The SMILES string of the molecule is COc1ccc(OC)c(-c2cnc(CNCCc3ccc(Cl)cc3Cl)s2)c1. The lowest BCUT2D eigenvalue weighted by atomic mass is 10.1. The molecule has 1 N–H and O–H groups in total. The number of hydrogen-bond donors (Lipinski definition) is 1. The molecule has 0 fully saturated rings. The van der Waals surface area contributed by atoms with Crippen LogP contribution in [-0.2, 0) is 13.0 Å². The summed E-state index contributed by atoms with van der Waals surface area (Å²) in [4.78, 5) is 5.56. The van der Waals surface area contributed by atoms with Crippen LogP contribution >= 0.6 is 34.5 Å². The molecule has 0 aliphatic rings. The number of rotatable bonds is 8. The van der Waals surface area contributed by atoms with Gasteiger partial charge in [0.05, 0.1) is 19.1 Å². The first-order valence-corrected chi connectivity index (χ1v) is 9.99. The minimum Gasteiger partial charge on any atom is -0.497 e. The van der Waals surface area contributed by atoms with Gasteiger partial charge in [0.15, 0.2) is 0 Å². The van der Waals surface area contributed by atoms with Gasteiger partial charge < -0.3 is 14.8 Å². The van der Waals surface area contributed by atoms with Crippen LogP contribution in [0.15, 0.2) is 42.6 Å². The van der Waals surface area contributed by atoms with E-state index in [9.17, 15) is 0 Å². The second-order valence-electron chi connectivity index (χ2n) is 5.85. The largest absolute Gasteiger partial charge is 0.497 e. The van der Waals surface area contributed by atoms with Crippen molar-refractivity contribution in [2.24, 2.45) is 0 Å². The summed E-state index contributed by atoms with van der Waals surface area (Å²) in [5.41, 5.74) is 2.06. The molecule has 1 aromatic heterocycles. The molecule has 3 aromatic rings. The predicted molar refractivity (Wildman–Crippen MR) is 113 cm³/mol. The first-order chi connectivity index (χ1) is 13.1. The Hall–Kier alpha value is -1.79. The van der Waals surface area contributed by atoms with Crippen LogP contribution in [0, 0.1) is 0 Å². The third-order valence-corrected chi connectivity index (χ3v) is 5.71. The van der Waals surface area contributed by atoms with Crippen molar-refractivity contribution in [1.29, 1.82) is 0 Å². The highest BCUT2D eigenvalue weighted by Gasteiger charge is 2.11. The number of benzene rings is 2. The topological polar surface area (TPSA) is 43.4 Å². The monoisotopic (exact) mass is 422 g/mol. The van der Waals surface area contributed by atoms with Crippen molar-refractivity contribution in [2.45, 2.75) is 13.0 Å². The second kappa shape index (κ2) is 9.42. The van der Waals surface area contributed by atoms with Gasteiger partial charge in [-0.2, -0.15) is 0 Å². The van der Waals surface area contributed by atoms with Gasteiger partial charge in [-0.25, -0.2) is 4.98 Å². The van der Waals surface area contributed by atoms with Gasteiger partial charge in [-0.05, 0) is 48.9 Å². The summed E-state index contributed by atoms with van der Waals surface area (Å²) in [6.07, 6.45) is 2.70. The van der Waals surface area contributed by atoms with Crippen LogP contribution in [0.3, 0.4) is 0 Å². The molecule has 0 spiro atoms. The number of aromatic nitrogens is 1. The molecule has 0 bridgehead atoms. The number of nitrogens with one attached hydrogen (secondary N) is 1. The van der Waals surface area contributed by atoms with E-state index < -0.39 is 0 Å². The standard InChI is InChI=1S/C20H20Cl2N2O2S/c1-25-15-5-6-18(26-2)16(10-15)19-11-24-20(27-19)12-23-8-7-13-3-4-14(21)9-17(13)22/h3-6,9-11,23H,7-8,12H2,1-2H3. The highest BCUT2D eigenvalue weighted by atomic mass is 35.5. The average molecular weight is 423 g/mol. The van der Waals surface area contributed by atoms with E-state index in [0.29, 0.717) is 16.6 Å². The molecule has 27 heavy (non-hydrogen) atoms. The maximum Gasteiger partial charge on any atom is 0.127 e. The summed E-state index contributed by atoms with van der Waals surface area (Å²) in [6.45, 7) is 1.50. The van der Waals surface area contributed by atoms with E-state index in [1.165, 1.54) is 0 Å². The fourth-order valence-corrected chi connectivity index (χ4v) is 4.08. The van der Waals surface area contributed by atoms with E-state index in [2.05, 4.69) is 10.3 Å². The van der Waals surface area contributed by atoms with Crippen LogP contribution in [0.25, 0.3) is 10.4 Å². The Labute approximate surface area is 173 Å². The Balaban J connectivity index is 1.60. The number of nitrogens with zero attached hydrogens (tertiary/aromatic N) is 1. The molecule has 0 radical (unpaired) electrons. The molecule has 142 valence electrons. The van der Waals surface area contributed by atoms with Crippen molar-refractivity contribution in [2.75, 3.05) is 20.8 Å². The molecule has 2 aromatic carbocycles. The van der Waals surface area contributed by atoms with E-state index in [-0.39, 0.29) is 0 Å². The van der Waals surface area contributed by atoms with E-state index in [1.54, 1.807) is 31.6 Å². The van der Waals surface area contributed by atoms with Crippen molar-refractivity contribution < 1.29 is 9.47 Å². The quantitative estimate of drug-likeness (QED) is 0.488. The van der Waals surface area contributed by atoms with Gasteiger partial charge >= 0.3 is 0 Å². The highest BCUT2D eigenvalue weighted by molar-refractivity contribution is 7.15. The number of hydrogen-bond acceptors (Lipinski definition) is 5. The Morgan fingerprint density at radius 1 is 1.07 bits per heavy atom. The smallest absolute Gasteiger partial charge is 0.127 e. The molecule has 0 saturated carbocycles. The van der Waals surface area contributed by atoms with Gasteiger partial charge in [0.25, 0.3) is 0 Å². The maximum absolute atomic E-state index is 6.21. The normalized spacial score (nSPS) is 10.8. The van der Waals surface area contributed by atoms with Crippen LogP contribution in [0.1, 0.15) is 10.6 Å². The molecule has 4 nitrogen and oxygen atoms in total. The van der Waals surface area contributed by atoms with E-state index in [1.807, 2.05) is 36.5 Å². The first kappa shape index (κ1) is 20.0. The fraction of sp³-hybridized carbons (Fsp3) is 0.250. The fourth-order valence-electron chi connectivity index (χ4n) is 2.67. The average Bonchev–Trinajstić information content (AvgIpc) is 3.15.